The number of terminal acetylenes is 1. The molecule has 0 spiro atoms. The van der Waals surface area contributed by atoms with Gasteiger partial charge < -0.3 is 10.4 Å². The fourth-order valence-corrected chi connectivity index (χ4v) is 3.66. The summed E-state index contributed by atoms with van der Waals surface area (Å²) in [5.74, 6) is 7.23. The van der Waals surface area contributed by atoms with Gasteiger partial charge in [-0.15, -0.1) is 0 Å². The molecule has 1 saturated carbocycles. The second kappa shape index (κ2) is 7.90. The first-order valence-corrected chi connectivity index (χ1v) is 9.67. The van der Waals surface area contributed by atoms with E-state index in [1.54, 1.807) is 6.20 Å². The van der Waals surface area contributed by atoms with Crippen LogP contribution in [-0.4, -0.2) is 35.2 Å². The molecule has 0 bridgehead atoms. The lowest BCUT2D eigenvalue weighted by Gasteiger charge is -2.30. The van der Waals surface area contributed by atoms with Crippen LogP contribution < -0.4 is 5.32 Å². The number of hydrogen-bond donors (Lipinski definition) is 2. The number of aliphatic hydroxyl groups is 1. The quantitative estimate of drug-likeness (QED) is 0.673. The van der Waals surface area contributed by atoms with Crippen molar-refractivity contribution in [2.24, 2.45) is 5.92 Å². The molecule has 1 aliphatic carbocycles. The molecule has 2 atom stereocenters. The van der Waals surface area contributed by atoms with Gasteiger partial charge in [0, 0.05) is 12.2 Å². The summed E-state index contributed by atoms with van der Waals surface area (Å²) in [7, 11) is 0. The highest BCUT2D eigenvalue weighted by molar-refractivity contribution is 5.84. The Morgan fingerprint density at radius 3 is 3.00 bits per heavy atom. The third-order valence-electron chi connectivity index (χ3n) is 5.08. The zero-order valence-electron chi connectivity index (χ0n) is 16.3. The number of pyridine rings is 1. The summed E-state index contributed by atoms with van der Waals surface area (Å²) in [5.41, 5.74) is 0.937. The second-order valence-corrected chi connectivity index (χ2v) is 7.47. The molecule has 1 fully saturated rings. The van der Waals surface area contributed by atoms with Crippen molar-refractivity contribution in [2.75, 3.05) is 5.32 Å². The molecule has 0 amide bonds. The monoisotopic (exact) mass is 386 g/mol. The van der Waals surface area contributed by atoms with Crippen molar-refractivity contribution in [3.63, 3.8) is 0 Å². The highest BCUT2D eigenvalue weighted by atomic mass is 16.3. The number of imidazole rings is 1. The number of hydrogen-bond acceptors (Lipinski definition) is 6. The van der Waals surface area contributed by atoms with Crippen LogP contribution in [0.4, 0.5) is 5.82 Å². The van der Waals surface area contributed by atoms with Gasteiger partial charge in [-0.3, -0.25) is 4.98 Å². The normalized spacial score (nSPS) is 21.2. The summed E-state index contributed by atoms with van der Waals surface area (Å²) in [6.07, 6.45) is 12.2. The highest BCUT2D eigenvalue weighted by Crippen LogP contribution is 2.31. The van der Waals surface area contributed by atoms with E-state index in [1.807, 2.05) is 18.2 Å². The molecule has 0 aliphatic heterocycles. The molecule has 0 unspecified atom stereocenters. The van der Waals surface area contributed by atoms with E-state index in [4.69, 9.17) is 6.42 Å². The van der Waals surface area contributed by atoms with E-state index in [0.29, 0.717) is 48.1 Å². The van der Waals surface area contributed by atoms with Crippen LogP contribution in [0.2, 0.25) is 0 Å². The molecule has 7 nitrogen and oxygen atoms in total. The van der Waals surface area contributed by atoms with Crippen LogP contribution in [0.3, 0.4) is 0 Å². The molecule has 0 radical (unpaired) electrons. The SMILES string of the molecule is C#Cn1cnc2c(NCc3ccccn3)nc(C#C[C@]3(O)CCC[C@@H](C)C3)nc21. The number of rotatable bonds is 3. The lowest BCUT2D eigenvalue weighted by atomic mass is 9.79. The Morgan fingerprint density at radius 2 is 2.24 bits per heavy atom. The molecule has 2 N–H and O–H groups in total. The number of anilines is 1. The van der Waals surface area contributed by atoms with Crippen molar-refractivity contribution in [1.82, 2.24) is 24.5 Å². The number of aromatic nitrogens is 5. The van der Waals surface area contributed by atoms with Crippen LogP contribution in [0.25, 0.3) is 11.2 Å². The minimum atomic E-state index is -0.996. The van der Waals surface area contributed by atoms with Crippen molar-refractivity contribution in [3.05, 3.63) is 42.2 Å². The molecular formula is C22H22N6O. The van der Waals surface area contributed by atoms with Crippen LogP contribution in [0, 0.1) is 30.2 Å². The Balaban J connectivity index is 1.68. The maximum absolute atomic E-state index is 10.8. The van der Waals surface area contributed by atoms with E-state index in [9.17, 15) is 5.11 Å². The molecule has 146 valence electrons. The average Bonchev–Trinajstić information content (AvgIpc) is 3.14. The van der Waals surface area contributed by atoms with Gasteiger partial charge >= 0.3 is 0 Å². The maximum atomic E-state index is 10.8. The Kier molecular flexibility index (Phi) is 5.16. The van der Waals surface area contributed by atoms with Crippen molar-refractivity contribution in [3.8, 4) is 24.3 Å². The largest absolute Gasteiger partial charge is 0.378 e. The Bertz CT molecular complexity index is 1120. The van der Waals surface area contributed by atoms with E-state index < -0.39 is 5.60 Å². The van der Waals surface area contributed by atoms with Gasteiger partial charge in [-0.2, -0.15) is 4.98 Å². The van der Waals surface area contributed by atoms with Crippen LogP contribution in [0.5, 0.6) is 0 Å². The van der Waals surface area contributed by atoms with Gasteiger partial charge in [0.15, 0.2) is 17.0 Å². The van der Waals surface area contributed by atoms with Gasteiger partial charge in [0.1, 0.15) is 11.9 Å². The zero-order chi connectivity index (χ0) is 20.3. The van der Waals surface area contributed by atoms with E-state index in [1.165, 1.54) is 10.9 Å². The maximum Gasteiger partial charge on any atom is 0.209 e. The molecule has 0 saturated heterocycles. The lowest BCUT2D eigenvalue weighted by Crippen LogP contribution is -2.32. The first-order valence-electron chi connectivity index (χ1n) is 9.67. The van der Waals surface area contributed by atoms with Crippen LogP contribution in [-0.2, 0) is 6.54 Å². The van der Waals surface area contributed by atoms with Gasteiger partial charge in [-0.25, -0.2) is 14.5 Å². The fraction of sp³-hybridized carbons (Fsp3) is 0.364. The summed E-state index contributed by atoms with van der Waals surface area (Å²) in [6, 6.07) is 8.24. The summed E-state index contributed by atoms with van der Waals surface area (Å²) in [4.78, 5) is 17.6. The number of nitrogens with one attached hydrogen (secondary N) is 1. The summed E-state index contributed by atoms with van der Waals surface area (Å²) in [5, 5.41) is 14.0. The fourth-order valence-electron chi connectivity index (χ4n) is 3.66. The molecule has 0 aromatic carbocycles. The van der Waals surface area contributed by atoms with Gasteiger partial charge in [-0.05, 0) is 43.2 Å². The third-order valence-corrected chi connectivity index (χ3v) is 5.08. The molecule has 4 rings (SSSR count). The van der Waals surface area contributed by atoms with Gasteiger partial charge in [0.05, 0.1) is 12.2 Å². The molecule has 7 heteroatoms. The van der Waals surface area contributed by atoms with Crippen molar-refractivity contribution in [2.45, 2.75) is 44.8 Å². The topological polar surface area (TPSA) is 88.8 Å². The number of fused-ring (bicyclic) bond motifs is 1. The van der Waals surface area contributed by atoms with E-state index >= 15 is 0 Å². The van der Waals surface area contributed by atoms with E-state index in [-0.39, 0.29) is 0 Å². The minimum Gasteiger partial charge on any atom is -0.378 e. The molecule has 1 aliphatic rings. The standard InChI is InChI=1S/C22H22N6O/c1-3-28-15-25-19-20(24-14-17-8-4-5-12-23-17)26-18(27-21(19)28)9-11-22(29)10-6-7-16(2)13-22/h1,4-5,8,12,15-16,29H,6-7,10,13-14H2,2H3,(H,24,26,27)/t16-,22-/m1/s1. The highest BCUT2D eigenvalue weighted by Gasteiger charge is 2.30. The first-order chi connectivity index (χ1) is 14.1. The Morgan fingerprint density at radius 1 is 1.34 bits per heavy atom. The predicted octanol–water partition coefficient (Wildman–Crippen LogP) is 2.56. The summed E-state index contributed by atoms with van der Waals surface area (Å²) >= 11 is 0. The molecule has 3 heterocycles. The summed E-state index contributed by atoms with van der Waals surface area (Å²) < 4.78 is 1.49. The van der Waals surface area contributed by atoms with Crippen LogP contribution in [0.1, 0.15) is 44.1 Å². The van der Waals surface area contributed by atoms with Crippen LogP contribution in [0.15, 0.2) is 30.7 Å². The van der Waals surface area contributed by atoms with E-state index in [2.05, 4.69) is 50.1 Å². The van der Waals surface area contributed by atoms with Gasteiger partial charge in [0.25, 0.3) is 0 Å². The lowest BCUT2D eigenvalue weighted by molar-refractivity contribution is 0.0410. The Labute approximate surface area is 169 Å². The summed E-state index contributed by atoms with van der Waals surface area (Å²) in [6.45, 7) is 2.61. The van der Waals surface area contributed by atoms with Crippen molar-refractivity contribution in [1.29, 1.82) is 0 Å². The van der Waals surface area contributed by atoms with Crippen molar-refractivity contribution >= 4 is 17.0 Å². The molecule has 29 heavy (non-hydrogen) atoms. The Hall–Kier alpha value is -3.42. The van der Waals surface area contributed by atoms with Crippen molar-refractivity contribution < 1.29 is 5.11 Å². The molecular weight excluding hydrogens is 364 g/mol. The molecule has 3 aromatic rings. The zero-order valence-corrected chi connectivity index (χ0v) is 16.3. The third kappa shape index (κ3) is 4.21. The van der Waals surface area contributed by atoms with E-state index in [0.717, 1.165) is 18.5 Å². The van der Waals surface area contributed by atoms with Gasteiger partial charge in [0.2, 0.25) is 5.82 Å². The second-order valence-electron chi connectivity index (χ2n) is 7.47. The number of nitrogens with zero attached hydrogens (tertiary/aromatic N) is 5. The predicted molar refractivity (Wildman–Crippen MR) is 111 cm³/mol. The first kappa shape index (κ1) is 18.9. The van der Waals surface area contributed by atoms with Crippen LogP contribution >= 0.6 is 0 Å². The smallest absolute Gasteiger partial charge is 0.209 e. The average molecular weight is 386 g/mol. The van der Waals surface area contributed by atoms with Gasteiger partial charge in [-0.1, -0.05) is 31.8 Å². The minimum absolute atomic E-state index is 0.296. The molecule has 3 aromatic heterocycles.